The van der Waals surface area contributed by atoms with Crippen LogP contribution in [0.25, 0.3) is 0 Å². The molecule has 0 heterocycles. The van der Waals surface area contributed by atoms with Crippen LogP contribution in [0.5, 0.6) is 0 Å². The van der Waals surface area contributed by atoms with Crippen molar-refractivity contribution < 1.29 is 4.39 Å². The van der Waals surface area contributed by atoms with E-state index in [4.69, 9.17) is 0 Å². The Morgan fingerprint density at radius 2 is 2.12 bits per heavy atom. The molecule has 1 rings (SSSR count). The minimum Gasteiger partial charge on any atom is -0.313 e. The van der Waals surface area contributed by atoms with Gasteiger partial charge >= 0.3 is 0 Å². The molecule has 3 heteroatoms. The standard InChI is InChI=1S/C14H22FNS/c1-4-11(3)10-17-14-7-6-13(15)8-12(14)9-16-5-2/h6-8,11,16H,4-5,9-10H2,1-3H3. The largest absolute Gasteiger partial charge is 0.313 e. The second kappa shape index (κ2) is 7.72. The maximum absolute atomic E-state index is 13.2. The van der Waals surface area contributed by atoms with Crippen LogP contribution in [0.2, 0.25) is 0 Å². The van der Waals surface area contributed by atoms with Crippen molar-refractivity contribution in [3.63, 3.8) is 0 Å². The predicted molar refractivity (Wildman–Crippen MR) is 74.0 cm³/mol. The first-order chi connectivity index (χ1) is 8.17. The average Bonchev–Trinajstić information content (AvgIpc) is 2.34. The van der Waals surface area contributed by atoms with Crippen molar-refractivity contribution in [1.29, 1.82) is 0 Å². The van der Waals surface area contributed by atoms with Gasteiger partial charge in [-0.25, -0.2) is 4.39 Å². The Labute approximate surface area is 108 Å². The highest BCUT2D eigenvalue weighted by atomic mass is 32.2. The fourth-order valence-electron chi connectivity index (χ4n) is 1.44. The summed E-state index contributed by atoms with van der Waals surface area (Å²) < 4.78 is 13.2. The van der Waals surface area contributed by atoms with E-state index in [9.17, 15) is 4.39 Å². The van der Waals surface area contributed by atoms with E-state index < -0.39 is 0 Å². The lowest BCUT2D eigenvalue weighted by atomic mass is 10.2. The third-order valence-electron chi connectivity index (χ3n) is 2.81. The van der Waals surface area contributed by atoms with Gasteiger partial charge in [-0.2, -0.15) is 0 Å². The summed E-state index contributed by atoms with van der Waals surface area (Å²) in [6, 6.07) is 5.09. The lowest BCUT2D eigenvalue weighted by molar-refractivity contribution is 0.618. The van der Waals surface area contributed by atoms with Gasteiger partial charge in [-0.1, -0.05) is 27.2 Å². The Kier molecular flexibility index (Phi) is 6.60. The third kappa shape index (κ3) is 5.09. The number of hydrogen-bond donors (Lipinski definition) is 1. The summed E-state index contributed by atoms with van der Waals surface area (Å²) in [6.45, 7) is 8.17. The lowest BCUT2D eigenvalue weighted by Crippen LogP contribution is -2.12. The molecule has 1 aromatic rings. The van der Waals surface area contributed by atoms with Gasteiger partial charge < -0.3 is 5.32 Å². The number of hydrogen-bond acceptors (Lipinski definition) is 2. The van der Waals surface area contributed by atoms with Gasteiger partial charge in [0.1, 0.15) is 5.82 Å². The molecule has 0 aliphatic rings. The Morgan fingerprint density at radius 3 is 2.76 bits per heavy atom. The molecule has 1 unspecified atom stereocenters. The van der Waals surface area contributed by atoms with Crippen LogP contribution in [0.15, 0.2) is 23.1 Å². The molecule has 0 fully saturated rings. The smallest absolute Gasteiger partial charge is 0.123 e. The Hall–Kier alpha value is -0.540. The summed E-state index contributed by atoms with van der Waals surface area (Å²) in [6.07, 6.45) is 1.19. The molecule has 0 saturated heterocycles. The van der Waals surface area contributed by atoms with Crippen LogP contribution in [0.3, 0.4) is 0 Å². The SMILES string of the molecule is CCNCc1cc(F)ccc1SCC(C)CC. The summed E-state index contributed by atoms with van der Waals surface area (Å²) in [5.41, 5.74) is 1.07. The molecule has 0 spiro atoms. The van der Waals surface area contributed by atoms with Crippen molar-refractivity contribution in [2.75, 3.05) is 12.3 Å². The van der Waals surface area contributed by atoms with E-state index in [1.165, 1.54) is 11.3 Å². The maximum Gasteiger partial charge on any atom is 0.123 e. The molecule has 0 aliphatic carbocycles. The fraction of sp³-hybridized carbons (Fsp3) is 0.571. The van der Waals surface area contributed by atoms with Gasteiger partial charge in [-0.15, -0.1) is 11.8 Å². The van der Waals surface area contributed by atoms with E-state index in [0.717, 1.165) is 24.4 Å². The highest BCUT2D eigenvalue weighted by Gasteiger charge is 2.06. The molecular formula is C14H22FNS. The normalized spacial score (nSPS) is 12.7. The van der Waals surface area contributed by atoms with E-state index in [1.807, 2.05) is 17.8 Å². The molecule has 0 bridgehead atoms. The summed E-state index contributed by atoms with van der Waals surface area (Å²) in [5, 5.41) is 3.25. The van der Waals surface area contributed by atoms with Crippen LogP contribution in [-0.4, -0.2) is 12.3 Å². The first kappa shape index (κ1) is 14.5. The van der Waals surface area contributed by atoms with Crippen molar-refractivity contribution in [2.24, 2.45) is 5.92 Å². The molecule has 0 amide bonds. The lowest BCUT2D eigenvalue weighted by Gasteiger charge is -2.12. The first-order valence-corrected chi connectivity index (χ1v) is 7.27. The molecule has 0 radical (unpaired) electrons. The van der Waals surface area contributed by atoms with Crippen LogP contribution in [0.1, 0.15) is 32.8 Å². The molecule has 0 aliphatic heterocycles. The van der Waals surface area contributed by atoms with E-state index in [1.54, 1.807) is 12.1 Å². The van der Waals surface area contributed by atoms with Crippen molar-refractivity contribution in [1.82, 2.24) is 5.32 Å². The van der Waals surface area contributed by atoms with E-state index >= 15 is 0 Å². The molecular weight excluding hydrogens is 233 g/mol. The van der Waals surface area contributed by atoms with Gasteiger partial charge in [0.2, 0.25) is 0 Å². The predicted octanol–water partition coefficient (Wildman–Crippen LogP) is 4.07. The van der Waals surface area contributed by atoms with Gasteiger partial charge in [0.15, 0.2) is 0 Å². The molecule has 1 nitrogen and oxygen atoms in total. The minimum absolute atomic E-state index is 0.147. The summed E-state index contributed by atoms with van der Waals surface area (Å²) >= 11 is 1.83. The average molecular weight is 255 g/mol. The monoisotopic (exact) mass is 255 g/mol. The molecule has 96 valence electrons. The number of thioether (sulfide) groups is 1. The summed E-state index contributed by atoms with van der Waals surface area (Å²) in [7, 11) is 0. The van der Waals surface area contributed by atoms with Crippen molar-refractivity contribution in [3.8, 4) is 0 Å². The number of halogens is 1. The summed E-state index contributed by atoms with van der Waals surface area (Å²) in [4.78, 5) is 1.20. The molecule has 1 atom stereocenters. The molecule has 1 N–H and O–H groups in total. The highest BCUT2D eigenvalue weighted by molar-refractivity contribution is 7.99. The first-order valence-electron chi connectivity index (χ1n) is 6.29. The zero-order valence-corrected chi connectivity index (χ0v) is 11.7. The van der Waals surface area contributed by atoms with Crippen molar-refractivity contribution in [2.45, 2.75) is 38.6 Å². The number of nitrogens with one attached hydrogen (secondary N) is 1. The quantitative estimate of drug-likeness (QED) is 0.737. The van der Waals surface area contributed by atoms with Gasteiger partial charge in [0, 0.05) is 17.2 Å². The van der Waals surface area contributed by atoms with Crippen LogP contribution < -0.4 is 5.32 Å². The van der Waals surface area contributed by atoms with Crippen LogP contribution in [-0.2, 0) is 6.54 Å². The van der Waals surface area contributed by atoms with Gasteiger partial charge in [-0.3, -0.25) is 0 Å². The van der Waals surface area contributed by atoms with Gasteiger partial charge in [0.25, 0.3) is 0 Å². The highest BCUT2D eigenvalue weighted by Crippen LogP contribution is 2.26. The zero-order chi connectivity index (χ0) is 12.7. The third-order valence-corrected chi connectivity index (χ3v) is 4.25. The molecule has 17 heavy (non-hydrogen) atoms. The maximum atomic E-state index is 13.2. The van der Waals surface area contributed by atoms with Crippen molar-refractivity contribution >= 4 is 11.8 Å². The second-order valence-electron chi connectivity index (χ2n) is 4.36. The molecule has 1 aromatic carbocycles. The fourth-order valence-corrected chi connectivity index (χ4v) is 2.62. The van der Waals surface area contributed by atoms with Crippen LogP contribution >= 0.6 is 11.8 Å². The molecule has 0 aromatic heterocycles. The van der Waals surface area contributed by atoms with E-state index in [2.05, 4.69) is 26.1 Å². The zero-order valence-electron chi connectivity index (χ0n) is 10.9. The minimum atomic E-state index is -0.147. The Morgan fingerprint density at radius 1 is 1.35 bits per heavy atom. The van der Waals surface area contributed by atoms with Crippen LogP contribution in [0, 0.1) is 11.7 Å². The summed E-state index contributed by atoms with van der Waals surface area (Å²) in [5.74, 6) is 1.66. The van der Waals surface area contributed by atoms with E-state index in [-0.39, 0.29) is 5.82 Å². The second-order valence-corrected chi connectivity index (χ2v) is 5.42. The Balaban J connectivity index is 2.68. The Bertz CT molecular complexity index is 341. The van der Waals surface area contributed by atoms with Crippen LogP contribution in [0.4, 0.5) is 4.39 Å². The molecule has 0 saturated carbocycles. The number of rotatable bonds is 7. The van der Waals surface area contributed by atoms with Gasteiger partial charge in [-0.05, 0) is 36.2 Å². The van der Waals surface area contributed by atoms with Gasteiger partial charge in [0.05, 0.1) is 0 Å². The topological polar surface area (TPSA) is 12.0 Å². The van der Waals surface area contributed by atoms with Crippen molar-refractivity contribution in [3.05, 3.63) is 29.6 Å². The van der Waals surface area contributed by atoms with E-state index in [0.29, 0.717) is 5.92 Å². The number of benzene rings is 1.